The fraction of sp³-hybridized carbons (Fsp3) is 0.812. The Morgan fingerprint density at radius 1 is 1.23 bits per heavy atom. The van der Waals surface area contributed by atoms with Crippen molar-refractivity contribution in [2.45, 2.75) is 70.5 Å². The Hall–Kier alpha value is -1.43. The van der Waals surface area contributed by atoms with Crippen LogP contribution in [0.5, 0.6) is 0 Å². The first kappa shape index (κ1) is 15.5. The van der Waals surface area contributed by atoms with Crippen LogP contribution in [0.3, 0.4) is 0 Å². The molecule has 6 nitrogen and oxygen atoms in total. The maximum absolute atomic E-state index is 12.0. The van der Waals surface area contributed by atoms with Crippen LogP contribution in [0, 0.1) is 0 Å². The van der Waals surface area contributed by atoms with Crippen molar-refractivity contribution in [3.05, 3.63) is 11.9 Å². The first-order chi connectivity index (χ1) is 10.6. The Labute approximate surface area is 132 Å². The number of piperidine rings is 1. The van der Waals surface area contributed by atoms with Crippen LogP contribution in [0.25, 0.3) is 0 Å². The first-order valence-electron chi connectivity index (χ1n) is 8.60. The van der Waals surface area contributed by atoms with E-state index < -0.39 is 0 Å². The number of likely N-dealkylation sites (tertiary alicyclic amines) is 1. The van der Waals surface area contributed by atoms with E-state index in [1.807, 2.05) is 18.5 Å². The van der Waals surface area contributed by atoms with Gasteiger partial charge in [-0.25, -0.2) is 4.68 Å². The second kappa shape index (κ2) is 6.77. The second-order valence-electron chi connectivity index (χ2n) is 6.94. The minimum atomic E-state index is -0.135. The highest BCUT2D eigenvalue weighted by Crippen LogP contribution is 2.29. The molecule has 1 amide bonds. The minimum Gasteiger partial charge on any atom is -0.348 e. The summed E-state index contributed by atoms with van der Waals surface area (Å²) in [5.41, 5.74) is 0.423. The summed E-state index contributed by atoms with van der Waals surface area (Å²) in [7, 11) is 0. The van der Waals surface area contributed by atoms with Crippen LogP contribution in [-0.4, -0.2) is 51.0 Å². The topological polar surface area (TPSA) is 63.1 Å². The average Bonchev–Trinajstić information content (AvgIpc) is 3.18. The fourth-order valence-corrected chi connectivity index (χ4v) is 3.70. The molecule has 2 heterocycles. The Kier molecular flexibility index (Phi) is 4.76. The third kappa shape index (κ3) is 3.48. The van der Waals surface area contributed by atoms with E-state index in [2.05, 4.69) is 20.5 Å². The molecule has 0 aromatic carbocycles. The van der Waals surface area contributed by atoms with Crippen LogP contribution in [0.4, 0.5) is 0 Å². The molecule has 2 aliphatic rings. The molecular weight excluding hydrogens is 278 g/mol. The standard InChI is InChI=1S/C16H27N5O/c1-12(2)17-16(22)15-11-21(19-18-15)14-8-5-9-20(10-14)13-6-3-4-7-13/h11-14H,3-10H2,1-2H3,(H,17,22). The third-order valence-electron chi connectivity index (χ3n) is 4.81. The van der Waals surface area contributed by atoms with Crippen molar-refractivity contribution in [3.63, 3.8) is 0 Å². The lowest BCUT2D eigenvalue weighted by Gasteiger charge is -2.36. The molecule has 1 saturated carbocycles. The van der Waals surface area contributed by atoms with Crippen molar-refractivity contribution in [2.24, 2.45) is 0 Å². The molecule has 1 atom stereocenters. The van der Waals surface area contributed by atoms with Gasteiger partial charge in [0.15, 0.2) is 5.69 Å². The van der Waals surface area contributed by atoms with E-state index in [1.165, 1.54) is 38.6 Å². The van der Waals surface area contributed by atoms with Gasteiger partial charge in [-0.3, -0.25) is 9.69 Å². The van der Waals surface area contributed by atoms with Crippen molar-refractivity contribution < 1.29 is 4.79 Å². The molecule has 2 fully saturated rings. The predicted octanol–water partition coefficient (Wildman–Crippen LogP) is 2.00. The van der Waals surface area contributed by atoms with Crippen molar-refractivity contribution in [3.8, 4) is 0 Å². The van der Waals surface area contributed by atoms with Crippen molar-refractivity contribution >= 4 is 5.91 Å². The summed E-state index contributed by atoms with van der Waals surface area (Å²) in [5, 5.41) is 11.1. The zero-order valence-electron chi connectivity index (χ0n) is 13.7. The van der Waals surface area contributed by atoms with E-state index in [0.29, 0.717) is 11.7 Å². The van der Waals surface area contributed by atoms with Gasteiger partial charge in [-0.2, -0.15) is 0 Å². The van der Waals surface area contributed by atoms with E-state index in [-0.39, 0.29) is 11.9 Å². The molecule has 3 rings (SSSR count). The molecule has 0 radical (unpaired) electrons. The predicted molar refractivity (Wildman–Crippen MR) is 84.7 cm³/mol. The summed E-state index contributed by atoms with van der Waals surface area (Å²) < 4.78 is 1.90. The van der Waals surface area contributed by atoms with Crippen molar-refractivity contribution in [1.29, 1.82) is 0 Å². The van der Waals surface area contributed by atoms with Gasteiger partial charge < -0.3 is 5.32 Å². The average molecular weight is 305 g/mol. The Morgan fingerprint density at radius 2 is 1.95 bits per heavy atom. The number of nitrogens with zero attached hydrogens (tertiary/aromatic N) is 4. The lowest BCUT2D eigenvalue weighted by Crippen LogP contribution is -2.42. The molecule has 0 bridgehead atoms. The molecule has 6 heteroatoms. The maximum atomic E-state index is 12.0. The fourth-order valence-electron chi connectivity index (χ4n) is 3.70. The molecule has 122 valence electrons. The molecule has 1 aromatic heterocycles. The smallest absolute Gasteiger partial charge is 0.273 e. The monoisotopic (exact) mass is 305 g/mol. The van der Waals surface area contributed by atoms with Crippen molar-refractivity contribution in [1.82, 2.24) is 25.2 Å². The van der Waals surface area contributed by atoms with E-state index in [0.717, 1.165) is 19.0 Å². The normalized spacial score (nSPS) is 24.0. The van der Waals surface area contributed by atoms with Gasteiger partial charge in [-0.15, -0.1) is 5.10 Å². The largest absolute Gasteiger partial charge is 0.348 e. The van der Waals surface area contributed by atoms with Crippen molar-refractivity contribution in [2.75, 3.05) is 13.1 Å². The molecule has 1 aliphatic carbocycles. The second-order valence-corrected chi connectivity index (χ2v) is 6.94. The summed E-state index contributed by atoms with van der Waals surface area (Å²) >= 11 is 0. The van der Waals surface area contributed by atoms with Gasteiger partial charge in [0, 0.05) is 18.6 Å². The van der Waals surface area contributed by atoms with Gasteiger partial charge in [0.25, 0.3) is 5.91 Å². The number of carbonyl (C=O) groups excluding carboxylic acids is 1. The Morgan fingerprint density at radius 3 is 2.68 bits per heavy atom. The zero-order valence-corrected chi connectivity index (χ0v) is 13.7. The summed E-state index contributed by atoms with van der Waals surface area (Å²) in [5.74, 6) is -0.135. The van der Waals surface area contributed by atoms with Crippen LogP contribution in [0.1, 0.15) is 68.9 Å². The number of aromatic nitrogens is 3. The molecule has 1 unspecified atom stereocenters. The molecule has 0 spiro atoms. The first-order valence-corrected chi connectivity index (χ1v) is 8.60. The van der Waals surface area contributed by atoms with E-state index in [1.54, 1.807) is 6.20 Å². The van der Waals surface area contributed by atoms with Crippen LogP contribution < -0.4 is 5.32 Å². The molecule has 1 aromatic rings. The summed E-state index contributed by atoms with van der Waals surface area (Å²) in [6.45, 7) is 6.14. The van der Waals surface area contributed by atoms with Crippen LogP contribution in [-0.2, 0) is 0 Å². The third-order valence-corrected chi connectivity index (χ3v) is 4.81. The Balaban J connectivity index is 1.63. The van der Waals surface area contributed by atoms with Gasteiger partial charge >= 0.3 is 0 Å². The molecular formula is C16H27N5O. The van der Waals surface area contributed by atoms with Gasteiger partial charge in [-0.1, -0.05) is 18.1 Å². The molecule has 22 heavy (non-hydrogen) atoms. The number of hydrogen-bond acceptors (Lipinski definition) is 4. The number of nitrogens with one attached hydrogen (secondary N) is 1. The summed E-state index contributed by atoms with van der Waals surface area (Å²) in [4.78, 5) is 14.6. The molecule has 1 saturated heterocycles. The number of rotatable bonds is 4. The van der Waals surface area contributed by atoms with Gasteiger partial charge in [0.1, 0.15) is 0 Å². The highest BCUT2D eigenvalue weighted by molar-refractivity contribution is 5.91. The zero-order chi connectivity index (χ0) is 15.5. The van der Waals surface area contributed by atoms with Gasteiger partial charge in [-0.05, 0) is 46.1 Å². The summed E-state index contributed by atoms with van der Waals surface area (Å²) in [6.07, 6.45) is 9.55. The highest BCUT2D eigenvalue weighted by Gasteiger charge is 2.29. The van der Waals surface area contributed by atoms with Crippen LogP contribution in [0.2, 0.25) is 0 Å². The highest BCUT2D eigenvalue weighted by atomic mass is 16.2. The number of hydrogen-bond donors (Lipinski definition) is 1. The quantitative estimate of drug-likeness (QED) is 0.924. The number of amides is 1. The van der Waals surface area contributed by atoms with Crippen LogP contribution >= 0.6 is 0 Å². The van der Waals surface area contributed by atoms with E-state index >= 15 is 0 Å². The lowest BCUT2D eigenvalue weighted by atomic mass is 10.0. The lowest BCUT2D eigenvalue weighted by molar-refractivity contribution is 0.0938. The van der Waals surface area contributed by atoms with Gasteiger partial charge in [0.2, 0.25) is 0 Å². The Bertz CT molecular complexity index is 506. The number of carbonyl (C=O) groups is 1. The maximum Gasteiger partial charge on any atom is 0.273 e. The van der Waals surface area contributed by atoms with Crippen LogP contribution in [0.15, 0.2) is 6.20 Å². The van der Waals surface area contributed by atoms with E-state index in [4.69, 9.17) is 0 Å². The molecule has 1 aliphatic heterocycles. The van der Waals surface area contributed by atoms with Gasteiger partial charge in [0.05, 0.1) is 12.2 Å². The molecule has 1 N–H and O–H groups in total. The minimum absolute atomic E-state index is 0.116. The summed E-state index contributed by atoms with van der Waals surface area (Å²) in [6, 6.07) is 1.22. The van der Waals surface area contributed by atoms with E-state index in [9.17, 15) is 4.79 Å². The SMILES string of the molecule is CC(C)NC(=O)c1cn(C2CCCN(C3CCCC3)C2)nn1.